The molecule has 1 aliphatic heterocycles. The van der Waals surface area contributed by atoms with E-state index in [4.69, 9.17) is 0 Å². The van der Waals surface area contributed by atoms with Gasteiger partial charge in [0.25, 0.3) is 0 Å². The van der Waals surface area contributed by atoms with Gasteiger partial charge in [0.15, 0.2) is 0 Å². The Morgan fingerprint density at radius 3 is 3.00 bits per heavy atom. The second-order valence-corrected chi connectivity index (χ2v) is 1.83. The van der Waals surface area contributed by atoms with Crippen molar-refractivity contribution in [1.29, 1.82) is 0 Å². The summed E-state index contributed by atoms with van der Waals surface area (Å²) in [6, 6.07) is 0. The molecule has 0 aliphatic carbocycles. The molecule has 2 nitrogen and oxygen atoms in total. The van der Waals surface area contributed by atoms with Crippen LogP contribution in [0, 0.1) is 0 Å². The Hall–Kier alpha value is -1.05. The van der Waals surface area contributed by atoms with E-state index >= 15 is 0 Å². The maximum atomic E-state index is 4.15. The first-order valence-corrected chi connectivity index (χ1v) is 3.01. The number of rotatable bonds is 1. The van der Waals surface area contributed by atoms with Gasteiger partial charge in [-0.25, -0.2) is 0 Å². The minimum absolute atomic E-state index is 0.809. The molecule has 0 atom stereocenters. The van der Waals surface area contributed by atoms with E-state index in [1.807, 2.05) is 19.2 Å². The third kappa shape index (κ3) is 1.19. The number of nitrogens with one attached hydrogen (secondary N) is 1. The lowest BCUT2D eigenvalue weighted by Gasteiger charge is -1.95. The number of hydrogen-bond acceptors (Lipinski definition) is 1. The molecule has 0 radical (unpaired) electrons. The molecular formula is C7H10N2. The number of amidine groups is 1. The Kier molecular flexibility index (Phi) is 1.68. The molecule has 1 aliphatic rings. The van der Waals surface area contributed by atoms with Gasteiger partial charge in [-0.2, -0.15) is 0 Å². The topological polar surface area (TPSA) is 24.4 Å². The Morgan fingerprint density at radius 2 is 2.56 bits per heavy atom. The van der Waals surface area contributed by atoms with Gasteiger partial charge in [-0.05, 0) is 13.0 Å². The predicted octanol–water partition coefficient (Wildman–Crippen LogP) is 1.08. The van der Waals surface area contributed by atoms with Crippen molar-refractivity contribution in [2.75, 3.05) is 6.54 Å². The highest BCUT2D eigenvalue weighted by Crippen LogP contribution is 2.00. The Labute approximate surface area is 55.0 Å². The van der Waals surface area contributed by atoms with Gasteiger partial charge in [-0.15, -0.1) is 0 Å². The summed E-state index contributed by atoms with van der Waals surface area (Å²) in [5.74, 6) is 0.900. The van der Waals surface area contributed by atoms with Gasteiger partial charge < -0.3 is 5.32 Å². The monoisotopic (exact) mass is 122 g/mol. The van der Waals surface area contributed by atoms with Crippen LogP contribution in [0.15, 0.2) is 29.4 Å². The largest absolute Gasteiger partial charge is 0.346 e. The number of hydrogen-bond donors (Lipinski definition) is 1. The first-order valence-electron chi connectivity index (χ1n) is 3.01. The van der Waals surface area contributed by atoms with E-state index in [0.717, 1.165) is 18.0 Å². The summed E-state index contributed by atoms with van der Waals surface area (Å²) in [4.78, 5) is 4.15. The highest BCUT2D eigenvalue weighted by atomic mass is 15.0. The summed E-state index contributed by atoms with van der Waals surface area (Å²) in [7, 11) is 0. The summed E-state index contributed by atoms with van der Waals surface area (Å²) in [5.41, 5.74) is 0.969. The van der Waals surface area contributed by atoms with Crippen LogP contribution in [0.3, 0.4) is 0 Å². The van der Waals surface area contributed by atoms with Crippen molar-refractivity contribution in [3.05, 3.63) is 24.4 Å². The first-order chi connectivity index (χ1) is 4.34. The van der Waals surface area contributed by atoms with Crippen molar-refractivity contribution in [2.45, 2.75) is 6.92 Å². The molecule has 1 heterocycles. The summed E-state index contributed by atoms with van der Waals surface area (Å²) in [6.07, 6.45) is 3.76. The van der Waals surface area contributed by atoms with Gasteiger partial charge in [0.2, 0.25) is 0 Å². The van der Waals surface area contributed by atoms with Crippen molar-refractivity contribution in [1.82, 2.24) is 5.32 Å². The standard InChI is InChI=1S/C7H10N2/c1-3-8-7-6(2)4-5-9-7/h4-5H,2-3H2,1H3,(H,8,9). The lowest BCUT2D eigenvalue weighted by molar-refractivity contribution is 1.10. The molecule has 0 spiro atoms. The van der Waals surface area contributed by atoms with Crippen LogP contribution in [-0.2, 0) is 0 Å². The molecule has 0 amide bonds. The van der Waals surface area contributed by atoms with E-state index in [1.165, 1.54) is 0 Å². The highest BCUT2D eigenvalue weighted by Gasteiger charge is 2.02. The average molecular weight is 122 g/mol. The number of aliphatic imine (C=N–C) groups is 1. The van der Waals surface area contributed by atoms with Crippen molar-refractivity contribution < 1.29 is 0 Å². The van der Waals surface area contributed by atoms with Crippen LogP contribution < -0.4 is 5.32 Å². The van der Waals surface area contributed by atoms with Gasteiger partial charge in [-0.3, -0.25) is 4.99 Å². The lowest BCUT2D eigenvalue weighted by Crippen LogP contribution is -2.12. The normalized spacial score (nSPS) is 21.0. The molecule has 1 N–H and O–H groups in total. The van der Waals surface area contributed by atoms with E-state index in [1.54, 1.807) is 0 Å². The molecule has 0 aromatic rings. The van der Waals surface area contributed by atoms with E-state index in [9.17, 15) is 0 Å². The highest BCUT2D eigenvalue weighted by molar-refractivity contribution is 6.03. The third-order valence-corrected chi connectivity index (χ3v) is 1.12. The first kappa shape index (κ1) is 6.08. The van der Waals surface area contributed by atoms with Crippen molar-refractivity contribution in [3.8, 4) is 0 Å². The Bertz CT molecular complexity index is 177. The van der Waals surface area contributed by atoms with Crippen molar-refractivity contribution >= 4 is 5.84 Å². The molecular weight excluding hydrogens is 112 g/mol. The molecule has 2 heteroatoms. The molecule has 0 saturated carbocycles. The van der Waals surface area contributed by atoms with E-state index in [-0.39, 0.29) is 0 Å². The Morgan fingerprint density at radius 1 is 1.78 bits per heavy atom. The van der Waals surface area contributed by atoms with E-state index < -0.39 is 0 Å². The van der Waals surface area contributed by atoms with E-state index in [0.29, 0.717) is 0 Å². The van der Waals surface area contributed by atoms with Gasteiger partial charge in [0.05, 0.1) is 0 Å². The molecule has 0 unspecified atom stereocenters. The minimum atomic E-state index is 0.809. The fourth-order valence-corrected chi connectivity index (χ4v) is 0.698. The molecule has 48 valence electrons. The number of nitrogens with zero attached hydrogens (tertiary/aromatic N) is 1. The van der Waals surface area contributed by atoms with Crippen LogP contribution in [-0.4, -0.2) is 12.4 Å². The summed E-state index contributed by atoms with van der Waals surface area (Å²) < 4.78 is 0. The van der Waals surface area contributed by atoms with Crippen LogP contribution in [0.25, 0.3) is 0 Å². The molecule has 9 heavy (non-hydrogen) atoms. The average Bonchev–Trinajstić information content (AvgIpc) is 2.18. The third-order valence-electron chi connectivity index (χ3n) is 1.12. The van der Waals surface area contributed by atoms with Crippen LogP contribution in [0.5, 0.6) is 0 Å². The molecule has 0 aromatic heterocycles. The van der Waals surface area contributed by atoms with Crippen LogP contribution in [0.4, 0.5) is 0 Å². The van der Waals surface area contributed by atoms with Crippen LogP contribution >= 0.6 is 0 Å². The zero-order chi connectivity index (χ0) is 6.69. The fraction of sp³-hybridized carbons (Fsp3) is 0.286. The predicted molar refractivity (Wildman–Crippen MR) is 39.4 cm³/mol. The van der Waals surface area contributed by atoms with Crippen molar-refractivity contribution in [3.63, 3.8) is 0 Å². The molecule has 1 rings (SSSR count). The zero-order valence-corrected chi connectivity index (χ0v) is 5.52. The lowest BCUT2D eigenvalue weighted by atomic mass is 10.3. The molecule has 0 bridgehead atoms. The minimum Gasteiger partial charge on any atom is -0.346 e. The summed E-state index contributed by atoms with van der Waals surface area (Å²) in [5, 5.41) is 2.98. The second kappa shape index (κ2) is 2.49. The summed E-state index contributed by atoms with van der Waals surface area (Å²) >= 11 is 0. The molecule has 0 fully saturated rings. The van der Waals surface area contributed by atoms with Gasteiger partial charge in [0.1, 0.15) is 5.84 Å². The van der Waals surface area contributed by atoms with Crippen LogP contribution in [0.2, 0.25) is 0 Å². The molecule has 0 saturated heterocycles. The maximum absolute atomic E-state index is 4.15. The van der Waals surface area contributed by atoms with Crippen molar-refractivity contribution in [2.24, 2.45) is 4.99 Å². The van der Waals surface area contributed by atoms with E-state index in [2.05, 4.69) is 16.9 Å². The second-order valence-electron chi connectivity index (χ2n) is 1.83. The SMILES string of the molecule is C=C1C=CNC1=NCC. The quantitative estimate of drug-likeness (QED) is 0.553. The van der Waals surface area contributed by atoms with Gasteiger partial charge in [-0.1, -0.05) is 6.58 Å². The Balaban J connectivity index is 2.66. The van der Waals surface area contributed by atoms with Gasteiger partial charge in [0, 0.05) is 18.3 Å². The molecule has 0 aromatic carbocycles. The fourth-order valence-electron chi connectivity index (χ4n) is 0.698. The van der Waals surface area contributed by atoms with Gasteiger partial charge >= 0.3 is 0 Å². The smallest absolute Gasteiger partial charge is 0.131 e. The summed E-state index contributed by atoms with van der Waals surface area (Å²) in [6.45, 7) is 6.58. The maximum Gasteiger partial charge on any atom is 0.131 e. The zero-order valence-electron chi connectivity index (χ0n) is 5.52. The van der Waals surface area contributed by atoms with Crippen LogP contribution in [0.1, 0.15) is 6.92 Å².